The van der Waals surface area contributed by atoms with E-state index in [1.165, 1.54) is 5.56 Å². The van der Waals surface area contributed by atoms with Gasteiger partial charge >= 0.3 is 0 Å². The van der Waals surface area contributed by atoms with Gasteiger partial charge in [0.25, 0.3) is 0 Å². The molecule has 0 nitrogen and oxygen atoms in total. The van der Waals surface area contributed by atoms with Crippen LogP contribution in [0, 0.1) is 10.8 Å². The first kappa shape index (κ1) is 10.8. The van der Waals surface area contributed by atoms with E-state index in [-0.39, 0.29) is 0 Å². The molecule has 0 heterocycles. The van der Waals surface area contributed by atoms with Crippen LogP contribution in [0.4, 0.5) is 0 Å². The Kier molecular flexibility index (Phi) is 4.02. The van der Waals surface area contributed by atoms with Crippen LogP contribution < -0.4 is 0 Å². The molecule has 0 fully saturated rings. The molecule has 0 saturated carbocycles. The second-order valence-corrected chi connectivity index (χ2v) is 4.46. The summed E-state index contributed by atoms with van der Waals surface area (Å²) in [7, 11) is 0. The molecule has 0 radical (unpaired) electrons. The minimum absolute atomic E-state index is 0.536. The molecule has 0 N–H and O–H groups in total. The molecule has 13 heavy (non-hydrogen) atoms. The van der Waals surface area contributed by atoms with Crippen LogP contribution >= 0.6 is 31.9 Å². The van der Waals surface area contributed by atoms with Crippen molar-refractivity contribution >= 4 is 31.9 Å². The molecule has 68 valence electrons. The molecule has 0 aliphatic rings. The van der Waals surface area contributed by atoms with Crippen molar-refractivity contribution in [1.82, 2.24) is 0 Å². The van der Waals surface area contributed by atoms with E-state index in [0.717, 1.165) is 10.0 Å². The van der Waals surface area contributed by atoms with Gasteiger partial charge in [0.2, 0.25) is 0 Å². The number of benzene rings is 1. The van der Waals surface area contributed by atoms with Crippen LogP contribution in [0.25, 0.3) is 0 Å². The quantitative estimate of drug-likeness (QED) is 0.679. The van der Waals surface area contributed by atoms with Gasteiger partial charge in [-0.25, -0.2) is 0 Å². The van der Waals surface area contributed by atoms with Crippen molar-refractivity contribution in [3.63, 3.8) is 0 Å². The van der Waals surface area contributed by atoms with Gasteiger partial charge in [-0.2, -0.15) is 0 Å². The Bertz CT molecular complexity index is 356. The third-order valence-electron chi connectivity index (χ3n) is 1.78. The lowest BCUT2D eigenvalue weighted by Gasteiger charge is -2.06. The molecule has 1 aromatic carbocycles. The predicted octanol–water partition coefficient (Wildman–Crippen LogP) is 4.28. The average molecular weight is 302 g/mol. The zero-order valence-corrected chi connectivity index (χ0v) is 10.7. The Labute approximate surface area is 96.0 Å². The summed E-state index contributed by atoms with van der Waals surface area (Å²) in [5, 5.41) is 0. The first-order chi connectivity index (χ1) is 6.13. The third kappa shape index (κ3) is 3.17. The second-order valence-electron chi connectivity index (χ2n) is 3.15. The van der Waals surface area contributed by atoms with Gasteiger partial charge in [0.1, 0.15) is 0 Å². The lowest BCUT2D eigenvalue weighted by molar-refractivity contribution is 0.865. The third-order valence-corrected chi connectivity index (χ3v) is 2.43. The molecule has 0 aliphatic carbocycles. The van der Waals surface area contributed by atoms with Crippen molar-refractivity contribution < 1.29 is 0 Å². The normalized spacial score (nSPS) is 9.62. The van der Waals surface area contributed by atoms with E-state index in [2.05, 4.69) is 68.6 Å². The molecule has 1 rings (SSSR count). The number of hydrogen-bond acceptors (Lipinski definition) is 0. The van der Waals surface area contributed by atoms with Crippen molar-refractivity contribution in [2.75, 3.05) is 0 Å². The maximum Gasteiger partial charge on any atom is 0.0268 e. The SMILES string of the molecule is CC(C)c1cc(Br)cc(C#CBr)c1. The summed E-state index contributed by atoms with van der Waals surface area (Å²) in [5.74, 6) is 3.52. The number of hydrogen-bond donors (Lipinski definition) is 0. The van der Waals surface area contributed by atoms with Gasteiger partial charge in [-0.3, -0.25) is 0 Å². The Morgan fingerprint density at radius 2 is 1.92 bits per heavy atom. The summed E-state index contributed by atoms with van der Waals surface area (Å²) < 4.78 is 1.09. The maximum absolute atomic E-state index is 3.47. The van der Waals surface area contributed by atoms with Crippen molar-refractivity contribution in [2.45, 2.75) is 19.8 Å². The molecule has 0 amide bonds. The molecule has 1 aromatic rings. The Morgan fingerprint density at radius 3 is 2.46 bits per heavy atom. The monoisotopic (exact) mass is 300 g/mol. The van der Waals surface area contributed by atoms with Gasteiger partial charge in [-0.05, 0) is 34.5 Å². The zero-order valence-electron chi connectivity index (χ0n) is 7.57. The van der Waals surface area contributed by atoms with E-state index in [0.29, 0.717) is 5.92 Å². The van der Waals surface area contributed by atoms with E-state index in [4.69, 9.17) is 0 Å². The first-order valence-corrected chi connectivity index (χ1v) is 5.64. The highest BCUT2D eigenvalue weighted by atomic mass is 79.9. The fourth-order valence-electron chi connectivity index (χ4n) is 1.07. The summed E-state index contributed by atoms with van der Waals surface area (Å²) in [4.78, 5) is 2.72. The molecule has 0 aromatic heterocycles. The highest BCUT2D eigenvalue weighted by Gasteiger charge is 2.01. The van der Waals surface area contributed by atoms with Crippen molar-refractivity contribution in [2.24, 2.45) is 0 Å². The minimum Gasteiger partial charge on any atom is -0.0587 e. The van der Waals surface area contributed by atoms with E-state index < -0.39 is 0 Å². The molecule has 2 heteroatoms. The van der Waals surface area contributed by atoms with Crippen LogP contribution in [0.3, 0.4) is 0 Å². The van der Waals surface area contributed by atoms with Crippen LogP contribution in [-0.4, -0.2) is 0 Å². The van der Waals surface area contributed by atoms with Crippen molar-refractivity contribution in [1.29, 1.82) is 0 Å². The maximum atomic E-state index is 3.47. The lowest BCUT2D eigenvalue weighted by atomic mass is 10.0. The fraction of sp³-hybridized carbons (Fsp3) is 0.273. The van der Waals surface area contributed by atoms with Gasteiger partial charge in [0, 0.05) is 26.0 Å². The molecule has 0 aliphatic heterocycles. The fourth-order valence-corrected chi connectivity index (χ4v) is 1.81. The van der Waals surface area contributed by atoms with E-state index in [1.54, 1.807) is 0 Å². The largest absolute Gasteiger partial charge is 0.0587 e. The van der Waals surface area contributed by atoms with E-state index >= 15 is 0 Å². The molecule has 0 unspecified atom stereocenters. The molecule has 0 atom stereocenters. The molecular formula is C11H10Br2. The van der Waals surface area contributed by atoms with Crippen LogP contribution in [0.15, 0.2) is 22.7 Å². The van der Waals surface area contributed by atoms with E-state index in [1.807, 2.05) is 6.07 Å². The van der Waals surface area contributed by atoms with Crippen molar-refractivity contribution in [3.8, 4) is 10.8 Å². The number of halogens is 2. The molecule has 0 saturated heterocycles. The van der Waals surface area contributed by atoms with Gasteiger partial charge in [0.15, 0.2) is 0 Å². The van der Waals surface area contributed by atoms with Gasteiger partial charge in [-0.15, -0.1) is 0 Å². The van der Waals surface area contributed by atoms with Gasteiger partial charge < -0.3 is 0 Å². The van der Waals surface area contributed by atoms with E-state index in [9.17, 15) is 0 Å². The molecule has 0 bridgehead atoms. The summed E-state index contributed by atoms with van der Waals surface area (Å²) in [6, 6.07) is 6.26. The Morgan fingerprint density at radius 1 is 1.23 bits per heavy atom. The average Bonchev–Trinajstić information content (AvgIpc) is 2.03. The van der Waals surface area contributed by atoms with Gasteiger partial charge in [-0.1, -0.05) is 35.7 Å². The topological polar surface area (TPSA) is 0 Å². The predicted molar refractivity (Wildman–Crippen MR) is 64.0 cm³/mol. The minimum atomic E-state index is 0.536. The summed E-state index contributed by atoms with van der Waals surface area (Å²) >= 11 is 6.56. The molecule has 0 spiro atoms. The van der Waals surface area contributed by atoms with Crippen LogP contribution in [-0.2, 0) is 0 Å². The van der Waals surface area contributed by atoms with Crippen LogP contribution in [0.5, 0.6) is 0 Å². The first-order valence-electron chi connectivity index (χ1n) is 4.05. The Hall–Kier alpha value is -0.260. The summed E-state index contributed by atoms with van der Waals surface area (Å²) in [6.45, 7) is 4.35. The highest BCUT2D eigenvalue weighted by molar-refractivity contribution is 9.12. The second kappa shape index (κ2) is 4.83. The highest BCUT2D eigenvalue weighted by Crippen LogP contribution is 2.21. The van der Waals surface area contributed by atoms with Crippen LogP contribution in [0.2, 0.25) is 0 Å². The van der Waals surface area contributed by atoms with Crippen molar-refractivity contribution in [3.05, 3.63) is 33.8 Å². The van der Waals surface area contributed by atoms with Gasteiger partial charge in [0.05, 0.1) is 0 Å². The zero-order chi connectivity index (χ0) is 9.84. The van der Waals surface area contributed by atoms with Crippen LogP contribution in [0.1, 0.15) is 30.9 Å². The smallest absolute Gasteiger partial charge is 0.0268 e. The number of rotatable bonds is 1. The summed E-state index contributed by atoms with van der Waals surface area (Å²) in [6.07, 6.45) is 0. The lowest BCUT2D eigenvalue weighted by Crippen LogP contribution is -1.88. The molecular weight excluding hydrogens is 292 g/mol. The summed E-state index contributed by atoms with van der Waals surface area (Å²) in [5.41, 5.74) is 2.34. The standard InChI is InChI=1S/C11H10Br2/c1-8(2)10-5-9(3-4-12)6-11(13)7-10/h5-8H,1-2H3. The Balaban J connectivity index is 3.16.